The van der Waals surface area contributed by atoms with E-state index in [4.69, 9.17) is 5.73 Å². The van der Waals surface area contributed by atoms with Gasteiger partial charge in [-0.05, 0) is 29.2 Å². The van der Waals surface area contributed by atoms with Gasteiger partial charge >= 0.3 is 0 Å². The molecule has 0 radical (unpaired) electrons. The molecule has 0 heterocycles. The van der Waals surface area contributed by atoms with Crippen molar-refractivity contribution in [2.45, 2.75) is 24.8 Å². The van der Waals surface area contributed by atoms with Crippen molar-refractivity contribution >= 4 is 16.7 Å². The molecular weight excluding hydrogens is 236 g/mol. The van der Waals surface area contributed by atoms with Gasteiger partial charge in [0.2, 0.25) is 5.91 Å². The maximum Gasteiger partial charge on any atom is 0.224 e. The molecule has 0 spiro atoms. The molecule has 0 aliphatic heterocycles. The molecule has 0 unspecified atom stereocenters. The molecule has 98 valence electrons. The molecule has 1 aliphatic carbocycles. The second-order valence-electron chi connectivity index (χ2n) is 5.35. The van der Waals surface area contributed by atoms with Gasteiger partial charge in [-0.1, -0.05) is 42.5 Å². The highest BCUT2D eigenvalue weighted by Crippen LogP contribution is 2.34. The molecule has 1 fully saturated rings. The SMILES string of the molecule is NCC1(NC(=O)Cc2cccc3ccccc23)CC1. The van der Waals surface area contributed by atoms with Crippen LogP contribution in [0.1, 0.15) is 18.4 Å². The van der Waals surface area contributed by atoms with E-state index in [1.165, 1.54) is 5.39 Å². The zero-order valence-electron chi connectivity index (χ0n) is 10.9. The Morgan fingerprint density at radius 1 is 1.16 bits per heavy atom. The maximum absolute atomic E-state index is 12.1. The Morgan fingerprint density at radius 3 is 2.63 bits per heavy atom. The van der Waals surface area contributed by atoms with E-state index in [1.54, 1.807) is 0 Å². The van der Waals surface area contributed by atoms with E-state index in [0.29, 0.717) is 13.0 Å². The molecule has 0 saturated heterocycles. The number of nitrogens with two attached hydrogens (primary N) is 1. The van der Waals surface area contributed by atoms with Crippen LogP contribution in [0.25, 0.3) is 10.8 Å². The average Bonchev–Trinajstić information content (AvgIpc) is 3.19. The van der Waals surface area contributed by atoms with E-state index >= 15 is 0 Å². The molecule has 3 nitrogen and oxygen atoms in total. The molecule has 0 aromatic heterocycles. The average molecular weight is 254 g/mol. The van der Waals surface area contributed by atoms with Crippen LogP contribution in [0.3, 0.4) is 0 Å². The second-order valence-corrected chi connectivity index (χ2v) is 5.35. The molecule has 0 atom stereocenters. The van der Waals surface area contributed by atoms with Crippen molar-refractivity contribution in [3.63, 3.8) is 0 Å². The minimum Gasteiger partial charge on any atom is -0.349 e. The van der Waals surface area contributed by atoms with Crippen LogP contribution in [-0.2, 0) is 11.2 Å². The zero-order chi connectivity index (χ0) is 13.3. The summed E-state index contributed by atoms with van der Waals surface area (Å²) in [5, 5.41) is 5.39. The van der Waals surface area contributed by atoms with E-state index in [9.17, 15) is 4.79 Å². The monoisotopic (exact) mass is 254 g/mol. The van der Waals surface area contributed by atoms with Crippen LogP contribution in [0.2, 0.25) is 0 Å². The predicted molar refractivity (Wildman–Crippen MR) is 76.8 cm³/mol. The highest BCUT2D eigenvalue weighted by Gasteiger charge is 2.42. The molecule has 2 aromatic rings. The molecule has 3 heteroatoms. The third kappa shape index (κ3) is 2.47. The topological polar surface area (TPSA) is 55.1 Å². The molecule has 2 aromatic carbocycles. The van der Waals surface area contributed by atoms with Crippen LogP contribution >= 0.6 is 0 Å². The Hall–Kier alpha value is -1.87. The number of amides is 1. The van der Waals surface area contributed by atoms with Gasteiger partial charge in [0.1, 0.15) is 0 Å². The Balaban J connectivity index is 1.80. The number of rotatable bonds is 4. The molecule has 1 amide bonds. The summed E-state index contributed by atoms with van der Waals surface area (Å²) in [6.07, 6.45) is 2.43. The number of nitrogens with one attached hydrogen (secondary N) is 1. The third-order valence-corrected chi connectivity index (χ3v) is 3.88. The van der Waals surface area contributed by atoms with Crippen LogP contribution in [0.4, 0.5) is 0 Å². The molecule has 3 N–H and O–H groups in total. The standard InChI is InChI=1S/C16H18N2O/c17-11-16(8-9-16)18-15(19)10-13-6-3-5-12-4-1-2-7-14(12)13/h1-7H,8-11,17H2,(H,18,19). The van der Waals surface area contributed by atoms with Crippen molar-refractivity contribution in [1.82, 2.24) is 5.32 Å². The predicted octanol–water partition coefficient (Wildman–Crippen LogP) is 1.99. The van der Waals surface area contributed by atoms with Gasteiger partial charge in [0.15, 0.2) is 0 Å². The highest BCUT2D eigenvalue weighted by atomic mass is 16.1. The van der Waals surface area contributed by atoms with Crippen LogP contribution in [0.5, 0.6) is 0 Å². The van der Waals surface area contributed by atoms with Gasteiger partial charge in [-0.3, -0.25) is 4.79 Å². The van der Waals surface area contributed by atoms with Crippen LogP contribution in [0.15, 0.2) is 42.5 Å². The minimum absolute atomic E-state index is 0.0688. The minimum atomic E-state index is -0.109. The summed E-state index contributed by atoms with van der Waals surface area (Å²) < 4.78 is 0. The van der Waals surface area contributed by atoms with E-state index in [2.05, 4.69) is 23.5 Å². The number of fused-ring (bicyclic) bond motifs is 1. The van der Waals surface area contributed by atoms with E-state index in [-0.39, 0.29) is 11.4 Å². The Morgan fingerprint density at radius 2 is 1.89 bits per heavy atom. The van der Waals surface area contributed by atoms with Gasteiger partial charge in [0.05, 0.1) is 12.0 Å². The third-order valence-electron chi connectivity index (χ3n) is 3.88. The van der Waals surface area contributed by atoms with Crippen LogP contribution in [-0.4, -0.2) is 18.0 Å². The van der Waals surface area contributed by atoms with E-state index in [0.717, 1.165) is 23.8 Å². The molecule has 3 rings (SSSR count). The van der Waals surface area contributed by atoms with Gasteiger partial charge in [0, 0.05) is 6.54 Å². The number of benzene rings is 2. The first-order valence-electron chi connectivity index (χ1n) is 6.70. The molecular formula is C16H18N2O. The molecule has 1 saturated carbocycles. The van der Waals surface area contributed by atoms with Crippen LogP contribution < -0.4 is 11.1 Å². The summed E-state index contributed by atoms with van der Waals surface area (Å²) in [7, 11) is 0. The van der Waals surface area contributed by atoms with Crippen molar-refractivity contribution in [2.24, 2.45) is 5.73 Å². The second kappa shape index (κ2) is 4.67. The first kappa shape index (κ1) is 12.2. The number of carbonyl (C=O) groups excluding carboxylic acids is 1. The van der Waals surface area contributed by atoms with Crippen molar-refractivity contribution in [3.8, 4) is 0 Å². The molecule has 0 bridgehead atoms. The van der Waals surface area contributed by atoms with Crippen molar-refractivity contribution in [2.75, 3.05) is 6.54 Å². The Kier molecular flexibility index (Phi) is 2.99. The summed E-state index contributed by atoms with van der Waals surface area (Å²) in [6, 6.07) is 14.2. The lowest BCUT2D eigenvalue weighted by Crippen LogP contribution is -2.43. The normalized spacial score (nSPS) is 16.3. The van der Waals surface area contributed by atoms with Gasteiger partial charge < -0.3 is 11.1 Å². The fourth-order valence-corrected chi connectivity index (χ4v) is 2.49. The lowest BCUT2D eigenvalue weighted by Gasteiger charge is -2.15. The van der Waals surface area contributed by atoms with Crippen molar-refractivity contribution in [1.29, 1.82) is 0 Å². The van der Waals surface area contributed by atoms with E-state index in [1.807, 2.05) is 24.3 Å². The number of hydrogen-bond acceptors (Lipinski definition) is 2. The Bertz CT molecular complexity index is 612. The number of carbonyl (C=O) groups is 1. The first-order valence-corrected chi connectivity index (χ1v) is 6.70. The number of hydrogen-bond donors (Lipinski definition) is 2. The molecule has 19 heavy (non-hydrogen) atoms. The Labute approximate surface area is 112 Å². The van der Waals surface area contributed by atoms with Crippen molar-refractivity contribution < 1.29 is 4.79 Å². The van der Waals surface area contributed by atoms with Gasteiger partial charge in [0.25, 0.3) is 0 Å². The summed E-state index contributed by atoms with van der Waals surface area (Å²) in [5.41, 5.74) is 6.65. The smallest absolute Gasteiger partial charge is 0.224 e. The largest absolute Gasteiger partial charge is 0.349 e. The fraction of sp³-hybridized carbons (Fsp3) is 0.312. The summed E-state index contributed by atoms with van der Waals surface area (Å²) in [6.45, 7) is 0.536. The van der Waals surface area contributed by atoms with E-state index < -0.39 is 0 Å². The lowest BCUT2D eigenvalue weighted by molar-refractivity contribution is -0.121. The zero-order valence-corrected chi connectivity index (χ0v) is 10.9. The van der Waals surface area contributed by atoms with Crippen molar-refractivity contribution in [3.05, 3.63) is 48.0 Å². The fourth-order valence-electron chi connectivity index (χ4n) is 2.49. The first-order chi connectivity index (χ1) is 9.22. The molecule has 1 aliphatic rings. The van der Waals surface area contributed by atoms with Gasteiger partial charge in [-0.2, -0.15) is 0 Å². The lowest BCUT2D eigenvalue weighted by atomic mass is 10.0. The maximum atomic E-state index is 12.1. The highest BCUT2D eigenvalue weighted by molar-refractivity contribution is 5.90. The quantitative estimate of drug-likeness (QED) is 0.876. The summed E-state index contributed by atoms with van der Waals surface area (Å²) in [5.74, 6) is 0.0688. The van der Waals surface area contributed by atoms with Gasteiger partial charge in [-0.25, -0.2) is 0 Å². The summed E-state index contributed by atoms with van der Waals surface area (Å²) in [4.78, 5) is 12.1. The van der Waals surface area contributed by atoms with Crippen LogP contribution in [0, 0.1) is 0 Å². The van der Waals surface area contributed by atoms with Gasteiger partial charge in [-0.15, -0.1) is 0 Å². The summed E-state index contributed by atoms with van der Waals surface area (Å²) >= 11 is 0.